The summed E-state index contributed by atoms with van der Waals surface area (Å²) in [6, 6.07) is 8.49. The van der Waals surface area contributed by atoms with Crippen LogP contribution in [0.25, 0.3) is 0 Å². The third-order valence-electron chi connectivity index (χ3n) is 6.27. The lowest BCUT2D eigenvalue weighted by atomic mass is 10.0. The number of fused-ring (bicyclic) bond motifs is 2. The Hall–Kier alpha value is -1.36. The van der Waals surface area contributed by atoms with Gasteiger partial charge in [-0.25, -0.2) is 0 Å². The van der Waals surface area contributed by atoms with Crippen LogP contribution in [0.2, 0.25) is 0 Å². The second-order valence-electron chi connectivity index (χ2n) is 9.05. The third kappa shape index (κ3) is 12.3. The van der Waals surface area contributed by atoms with E-state index in [9.17, 15) is 0 Å². The van der Waals surface area contributed by atoms with Crippen LogP contribution in [0.15, 0.2) is 36.4 Å². The molecule has 0 radical (unpaired) electrons. The standard InChI is InChI=1S/C28H44O8/c1-29-8-9-30-10-11-31-12-13-32-14-15-33-16-17-34-18-19-35-22-24-2-4-25(5-3-24)23-36-28-21-26-6-7-27(28)20-26/h2-7,26-28H,8-23H2,1H3/t26-,27+,28+/m1/s1. The van der Waals surface area contributed by atoms with Crippen molar-refractivity contribution < 1.29 is 37.9 Å². The summed E-state index contributed by atoms with van der Waals surface area (Å²) < 4.78 is 43.9. The fourth-order valence-corrected chi connectivity index (χ4v) is 4.29. The second-order valence-corrected chi connectivity index (χ2v) is 9.05. The molecule has 2 bridgehead atoms. The van der Waals surface area contributed by atoms with Gasteiger partial charge in [0.1, 0.15) is 0 Å². The van der Waals surface area contributed by atoms with Gasteiger partial charge in [0.2, 0.25) is 0 Å². The van der Waals surface area contributed by atoms with Crippen molar-refractivity contribution in [2.45, 2.75) is 32.2 Å². The van der Waals surface area contributed by atoms with E-state index >= 15 is 0 Å². The molecule has 1 saturated carbocycles. The molecule has 0 saturated heterocycles. The molecule has 1 aromatic carbocycles. The lowest BCUT2D eigenvalue weighted by Gasteiger charge is -2.19. The maximum absolute atomic E-state index is 6.14. The van der Waals surface area contributed by atoms with Gasteiger partial charge in [-0.05, 0) is 29.9 Å². The highest BCUT2D eigenvalue weighted by Crippen LogP contribution is 2.40. The molecule has 0 aliphatic heterocycles. The zero-order chi connectivity index (χ0) is 25.1. The molecule has 8 heteroatoms. The Bertz CT molecular complexity index is 695. The van der Waals surface area contributed by atoms with Gasteiger partial charge < -0.3 is 37.9 Å². The van der Waals surface area contributed by atoms with E-state index in [0.29, 0.717) is 105 Å². The Morgan fingerprint density at radius 1 is 0.556 bits per heavy atom. The van der Waals surface area contributed by atoms with E-state index in [1.807, 2.05) is 0 Å². The van der Waals surface area contributed by atoms with Crippen LogP contribution in [0.1, 0.15) is 24.0 Å². The van der Waals surface area contributed by atoms with Gasteiger partial charge in [-0.3, -0.25) is 0 Å². The van der Waals surface area contributed by atoms with Crippen molar-refractivity contribution in [1.29, 1.82) is 0 Å². The fourth-order valence-electron chi connectivity index (χ4n) is 4.29. The van der Waals surface area contributed by atoms with Crippen LogP contribution in [0.4, 0.5) is 0 Å². The minimum atomic E-state index is 0.398. The lowest BCUT2D eigenvalue weighted by molar-refractivity contribution is -0.0198. The Labute approximate surface area is 216 Å². The molecule has 2 aliphatic carbocycles. The van der Waals surface area contributed by atoms with Gasteiger partial charge >= 0.3 is 0 Å². The Morgan fingerprint density at radius 2 is 1.03 bits per heavy atom. The monoisotopic (exact) mass is 508 g/mol. The molecule has 0 spiro atoms. The van der Waals surface area contributed by atoms with Gasteiger partial charge in [0.15, 0.2) is 0 Å². The molecule has 0 heterocycles. The predicted molar refractivity (Wildman–Crippen MR) is 136 cm³/mol. The normalized spacial score (nSPS) is 20.5. The first kappa shape index (κ1) is 29.2. The Morgan fingerprint density at radius 3 is 1.47 bits per heavy atom. The molecule has 8 nitrogen and oxygen atoms in total. The SMILES string of the molecule is COCCOCCOCCOCCOCCOCCOCc1ccc(CO[C@H]2C[C@@H]3C=C[C@H]2C3)cc1. The van der Waals surface area contributed by atoms with Crippen molar-refractivity contribution in [3.63, 3.8) is 0 Å². The number of hydrogen-bond donors (Lipinski definition) is 0. The van der Waals surface area contributed by atoms with Gasteiger partial charge in [-0.2, -0.15) is 0 Å². The van der Waals surface area contributed by atoms with E-state index in [1.54, 1.807) is 7.11 Å². The summed E-state index contributed by atoms with van der Waals surface area (Å²) in [6.07, 6.45) is 7.53. The van der Waals surface area contributed by atoms with Crippen molar-refractivity contribution in [1.82, 2.24) is 0 Å². The van der Waals surface area contributed by atoms with E-state index in [0.717, 1.165) is 11.5 Å². The molecular weight excluding hydrogens is 464 g/mol. The Balaban J connectivity index is 1.04. The zero-order valence-electron chi connectivity index (χ0n) is 21.8. The van der Waals surface area contributed by atoms with E-state index in [-0.39, 0.29) is 0 Å². The molecule has 3 rings (SSSR count). The maximum Gasteiger partial charge on any atom is 0.0720 e. The molecule has 3 atom stereocenters. The first-order valence-corrected chi connectivity index (χ1v) is 13.2. The van der Waals surface area contributed by atoms with Crippen LogP contribution in [-0.2, 0) is 51.1 Å². The molecule has 1 aromatic rings. The first-order chi connectivity index (χ1) is 17.8. The minimum absolute atomic E-state index is 0.398. The summed E-state index contributed by atoms with van der Waals surface area (Å²) in [5.41, 5.74) is 2.37. The molecule has 0 unspecified atom stereocenters. The highest BCUT2D eigenvalue weighted by Gasteiger charge is 2.36. The van der Waals surface area contributed by atoms with Crippen molar-refractivity contribution in [3.8, 4) is 0 Å². The summed E-state index contributed by atoms with van der Waals surface area (Å²) in [6.45, 7) is 7.97. The van der Waals surface area contributed by atoms with Crippen LogP contribution >= 0.6 is 0 Å². The number of ether oxygens (including phenoxy) is 8. The average Bonchev–Trinajstić information content (AvgIpc) is 3.53. The molecule has 0 amide bonds. The largest absolute Gasteiger partial charge is 0.382 e. The van der Waals surface area contributed by atoms with Gasteiger partial charge in [0, 0.05) is 13.0 Å². The van der Waals surface area contributed by atoms with Crippen molar-refractivity contribution >= 4 is 0 Å². The highest BCUT2D eigenvalue weighted by molar-refractivity contribution is 5.21. The lowest BCUT2D eigenvalue weighted by Crippen LogP contribution is -2.17. The quantitative estimate of drug-likeness (QED) is 0.165. The zero-order valence-corrected chi connectivity index (χ0v) is 21.8. The number of allylic oxidation sites excluding steroid dienone is 1. The second kappa shape index (κ2) is 18.8. The number of methoxy groups -OCH3 is 1. The van der Waals surface area contributed by atoms with Crippen molar-refractivity contribution in [2.75, 3.05) is 86.4 Å². The van der Waals surface area contributed by atoms with Gasteiger partial charge in [0.25, 0.3) is 0 Å². The topological polar surface area (TPSA) is 73.8 Å². The smallest absolute Gasteiger partial charge is 0.0720 e. The van der Waals surface area contributed by atoms with E-state index in [4.69, 9.17) is 37.9 Å². The summed E-state index contributed by atoms with van der Waals surface area (Å²) in [4.78, 5) is 0. The summed E-state index contributed by atoms with van der Waals surface area (Å²) in [5.74, 6) is 1.37. The molecule has 1 fully saturated rings. The fraction of sp³-hybridized carbons (Fsp3) is 0.714. The van der Waals surface area contributed by atoms with E-state index in [1.165, 1.54) is 18.4 Å². The number of rotatable bonds is 23. The van der Waals surface area contributed by atoms with Crippen LogP contribution in [0.3, 0.4) is 0 Å². The maximum atomic E-state index is 6.14. The molecule has 36 heavy (non-hydrogen) atoms. The van der Waals surface area contributed by atoms with E-state index < -0.39 is 0 Å². The first-order valence-electron chi connectivity index (χ1n) is 13.2. The molecule has 0 N–H and O–H groups in total. The highest BCUT2D eigenvalue weighted by atomic mass is 16.6. The van der Waals surface area contributed by atoms with Crippen LogP contribution in [-0.4, -0.2) is 92.5 Å². The van der Waals surface area contributed by atoms with Crippen molar-refractivity contribution in [2.24, 2.45) is 11.8 Å². The summed E-state index contributed by atoms with van der Waals surface area (Å²) >= 11 is 0. The van der Waals surface area contributed by atoms with Crippen LogP contribution < -0.4 is 0 Å². The van der Waals surface area contributed by atoms with Gasteiger partial charge in [-0.1, -0.05) is 36.4 Å². The molecular formula is C28H44O8. The van der Waals surface area contributed by atoms with Crippen LogP contribution in [0.5, 0.6) is 0 Å². The average molecular weight is 509 g/mol. The number of benzene rings is 1. The molecule has 0 aromatic heterocycles. The van der Waals surface area contributed by atoms with E-state index in [2.05, 4.69) is 36.4 Å². The predicted octanol–water partition coefficient (Wildman–Crippen LogP) is 3.41. The molecule has 204 valence electrons. The number of hydrogen-bond acceptors (Lipinski definition) is 8. The van der Waals surface area contributed by atoms with Crippen LogP contribution in [0, 0.1) is 11.8 Å². The third-order valence-corrected chi connectivity index (χ3v) is 6.27. The summed E-state index contributed by atoms with van der Waals surface area (Å²) in [5, 5.41) is 0. The summed E-state index contributed by atoms with van der Waals surface area (Å²) in [7, 11) is 1.65. The molecule has 2 aliphatic rings. The van der Waals surface area contributed by atoms with Gasteiger partial charge in [-0.15, -0.1) is 0 Å². The Kier molecular flexibility index (Phi) is 15.3. The van der Waals surface area contributed by atoms with Crippen molar-refractivity contribution in [3.05, 3.63) is 47.5 Å². The van der Waals surface area contributed by atoms with Gasteiger partial charge in [0.05, 0.1) is 98.6 Å². The minimum Gasteiger partial charge on any atom is -0.382 e.